The van der Waals surface area contributed by atoms with Crippen molar-refractivity contribution in [2.75, 3.05) is 0 Å². The van der Waals surface area contributed by atoms with E-state index < -0.39 is 23.5 Å². The van der Waals surface area contributed by atoms with Crippen LogP contribution in [-0.4, -0.2) is 4.98 Å². The van der Waals surface area contributed by atoms with Crippen LogP contribution in [-0.2, 0) is 12.3 Å². The Morgan fingerprint density at radius 3 is 1.72 bits per heavy atom. The fraction of sp³-hybridized carbons (Fsp3) is 0.0645. The van der Waals surface area contributed by atoms with Crippen LogP contribution in [0, 0.1) is 5.82 Å². The van der Waals surface area contributed by atoms with Gasteiger partial charge < -0.3 is 0 Å². The molecule has 8 heteroatoms. The maximum absolute atomic E-state index is 14.3. The molecule has 1 heterocycles. The van der Waals surface area contributed by atoms with Gasteiger partial charge in [0.2, 0.25) is 0 Å². The van der Waals surface area contributed by atoms with Gasteiger partial charge >= 0.3 is 229 Å². The van der Waals surface area contributed by atoms with Crippen molar-refractivity contribution in [3.05, 3.63) is 144 Å². The van der Waals surface area contributed by atoms with Crippen molar-refractivity contribution >= 4 is 45.3 Å². The van der Waals surface area contributed by atoms with Gasteiger partial charge in [0.1, 0.15) is 0 Å². The topological polar surface area (TPSA) is 26.0 Å². The molecule has 5 rings (SSSR count). The van der Waals surface area contributed by atoms with Crippen LogP contribution in [0.4, 0.5) is 17.6 Å². The van der Waals surface area contributed by atoms with Crippen LogP contribution in [0.15, 0.2) is 120 Å². The van der Waals surface area contributed by atoms with E-state index in [0.29, 0.717) is 17.9 Å². The Bertz CT molecular complexity index is 1500. The van der Waals surface area contributed by atoms with Crippen molar-refractivity contribution in [2.24, 2.45) is 0 Å². The van der Waals surface area contributed by atoms with Gasteiger partial charge in [0.05, 0.1) is 0 Å². The first-order valence-electron chi connectivity index (χ1n) is 12.1. The van der Waals surface area contributed by atoms with E-state index in [1.807, 2.05) is 91.0 Å². The quantitative estimate of drug-likeness (QED) is 0.146. The van der Waals surface area contributed by atoms with Gasteiger partial charge in [0, 0.05) is 0 Å². The van der Waals surface area contributed by atoms with Gasteiger partial charge in [-0.05, 0) is 0 Å². The molecule has 2 nitrogen and oxygen atoms in total. The van der Waals surface area contributed by atoms with Gasteiger partial charge in [-0.3, -0.25) is 0 Å². The fourth-order valence-corrected chi connectivity index (χ4v) is 10.7. The van der Waals surface area contributed by atoms with Gasteiger partial charge in [0.15, 0.2) is 0 Å². The SMILES string of the molecule is Fc1cc(C(F)(F)F)ccc1/C=C/c1nc(CP(Cl)(c2ccccc2)(c2ccccc2)c2ccccc2)co1. The summed E-state index contributed by atoms with van der Waals surface area (Å²) >= 11 is 8.05. The van der Waals surface area contributed by atoms with Crippen LogP contribution < -0.4 is 15.9 Å². The van der Waals surface area contributed by atoms with Gasteiger partial charge in [0.25, 0.3) is 0 Å². The zero-order valence-corrected chi connectivity index (χ0v) is 22.2. The van der Waals surface area contributed by atoms with E-state index in [9.17, 15) is 17.6 Å². The summed E-state index contributed by atoms with van der Waals surface area (Å²) in [6, 6.07) is 32.1. The molecule has 4 aromatic carbocycles. The van der Waals surface area contributed by atoms with Crippen LogP contribution in [0.2, 0.25) is 0 Å². The number of oxazole rings is 1. The molecule has 1 aromatic heterocycles. The number of rotatable bonds is 7. The van der Waals surface area contributed by atoms with Gasteiger partial charge in [-0.15, -0.1) is 0 Å². The molecule has 0 atom stereocenters. The molecule has 39 heavy (non-hydrogen) atoms. The molecule has 0 amide bonds. The summed E-state index contributed by atoms with van der Waals surface area (Å²) in [4.78, 5) is 4.61. The van der Waals surface area contributed by atoms with E-state index in [1.165, 1.54) is 18.4 Å². The summed E-state index contributed by atoms with van der Waals surface area (Å²) in [5.74, 6) is -4.44. The third kappa shape index (κ3) is 5.15. The Kier molecular flexibility index (Phi) is 7.19. The normalized spacial score (nSPS) is 13.3. The number of benzene rings is 4. The summed E-state index contributed by atoms with van der Waals surface area (Å²) in [5.41, 5.74) is -0.476. The monoisotopic (exact) mass is 567 g/mol. The first-order valence-corrected chi connectivity index (χ1v) is 15.4. The molecule has 0 aliphatic rings. The molecule has 5 aromatic rings. The van der Waals surface area contributed by atoms with E-state index >= 15 is 0 Å². The van der Waals surface area contributed by atoms with Crippen molar-refractivity contribution in [2.45, 2.75) is 12.3 Å². The number of nitrogens with zero attached hydrogens (tertiary/aromatic N) is 1. The molecular formula is C31H23ClF4NOP. The molecule has 0 aliphatic carbocycles. The van der Waals surface area contributed by atoms with Crippen molar-refractivity contribution in [1.82, 2.24) is 4.98 Å². The molecular weight excluding hydrogens is 545 g/mol. The molecule has 0 unspecified atom stereocenters. The summed E-state index contributed by atoms with van der Waals surface area (Å²) in [5, 5.41) is 2.90. The predicted octanol–water partition coefficient (Wildman–Crippen LogP) is 8.19. The Balaban J connectivity index is 1.56. The first-order chi connectivity index (χ1) is 18.7. The molecule has 0 N–H and O–H groups in total. The molecule has 0 aliphatic heterocycles. The van der Waals surface area contributed by atoms with Crippen LogP contribution in [0.25, 0.3) is 12.2 Å². The average Bonchev–Trinajstić information content (AvgIpc) is 3.40. The second kappa shape index (κ2) is 10.4. The Labute approximate surface area is 228 Å². The maximum atomic E-state index is 14.3. The minimum atomic E-state index is -4.62. The van der Waals surface area contributed by atoms with Crippen molar-refractivity contribution in [3.63, 3.8) is 0 Å². The number of alkyl halides is 3. The van der Waals surface area contributed by atoms with E-state index in [1.54, 1.807) is 0 Å². The third-order valence-electron chi connectivity index (χ3n) is 6.65. The molecule has 0 saturated heterocycles. The van der Waals surface area contributed by atoms with E-state index in [4.69, 9.17) is 15.7 Å². The number of aromatic nitrogens is 1. The van der Waals surface area contributed by atoms with Gasteiger partial charge in [-0.2, -0.15) is 0 Å². The fourth-order valence-electron chi connectivity index (χ4n) is 4.71. The average molecular weight is 568 g/mol. The number of hydrogen-bond donors (Lipinski definition) is 0. The molecule has 0 bridgehead atoms. The zero-order chi connectivity index (χ0) is 27.5. The Morgan fingerprint density at radius 2 is 1.26 bits per heavy atom. The minimum absolute atomic E-state index is 0.0161. The van der Waals surface area contributed by atoms with E-state index in [-0.39, 0.29) is 11.5 Å². The summed E-state index contributed by atoms with van der Waals surface area (Å²) in [6.07, 6.45) is -0.00781. The van der Waals surface area contributed by atoms with Gasteiger partial charge in [-0.25, -0.2) is 0 Å². The second-order valence-corrected chi connectivity index (χ2v) is 15.6. The van der Waals surface area contributed by atoms with Gasteiger partial charge in [-0.1, -0.05) is 0 Å². The Morgan fingerprint density at radius 1 is 0.744 bits per heavy atom. The second-order valence-electron chi connectivity index (χ2n) is 9.09. The van der Waals surface area contributed by atoms with Crippen LogP contribution in [0.5, 0.6) is 0 Å². The van der Waals surface area contributed by atoms with E-state index in [2.05, 4.69) is 4.98 Å². The molecule has 0 radical (unpaired) electrons. The number of halogens is 5. The number of hydrogen-bond acceptors (Lipinski definition) is 2. The molecule has 0 spiro atoms. The van der Waals surface area contributed by atoms with E-state index in [0.717, 1.165) is 28.0 Å². The van der Waals surface area contributed by atoms with Crippen molar-refractivity contribution in [1.29, 1.82) is 0 Å². The molecule has 0 saturated carbocycles. The standard InChI is InChI=1S/C31H23ClF4NOP/c32-39(26-10-4-1-5-11-26,27-12-6-2-7-13-27,28-14-8-3-9-15-28)22-25-21-38-30(37-25)19-17-23-16-18-24(20-29(23)33)31(34,35)36/h1-21H,22H2/b19-17+. The summed E-state index contributed by atoms with van der Waals surface area (Å²) in [7, 11) is 0. The van der Waals surface area contributed by atoms with Crippen LogP contribution in [0.1, 0.15) is 22.7 Å². The van der Waals surface area contributed by atoms with Crippen molar-refractivity contribution < 1.29 is 22.0 Å². The predicted molar refractivity (Wildman–Crippen MR) is 152 cm³/mol. The third-order valence-corrected chi connectivity index (χ3v) is 13.8. The summed E-state index contributed by atoms with van der Waals surface area (Å²) < 4.78 is 58.6. The summed E-state index contributed by atoms with van der Waals surface area (Å²) in [6.45, 7) is 0. The first kappa shape index (κ1) is 26.9. The molecule has 0 fully saturated rings. The van der Waals surface area contributed by atoms with Crippen molar-refractivity contribution in [3.8, 4) is 0 Å². The van der Waals surface area contributed by atoms with Crippen LogP contribution in [0.3, 0.4) is 0 Å². The van der Waals surface area contributed by atoms with Crippen LogP contribution >= 0.6 is 17.2 Å². The zero-order valence-electron chi connectivity index (χ0n) is 20.5. The molecule has 198 valence electrons. The Hall–Kier alpha value is -3.73.